The second kappa shape index (κ2) is 5.64. The van der Waals surface area contributed by atoms with Crippen LogP contribution < -0.4 is 5.32 Å². The topological polar surface area (TPSA) is 38.1 Å². The van der Waals surface area contributed by atoms with Gasteiger partial charge in [0.2, 0.25) is 0 Å². The van der Waals surface area contributed by atoms with Crippen molar-refractivity contribution in [1.29, 1.82) is 0 Å². The average Bonchev–Trinajstić information content (AvgIpc) is 2.84. The molecular formula is C14H18N2O. The monoisotopic (exact) mass is 230 g/mol. The molecule has 2 rings (SSSR count). The molecule has 17 heavy (non-hydrogen) atoms. The van der Waals surface area contributed by atoms with E-state index in [0.717, 1.165) is 36.5 Å². The quantitative estimate of drug-likeness (QED) is 0.858. The third-order valence-electron chi connectivity index (χ3n) is 2.81. The van der Waals surface area contributed by atoms with Crippen molar-refractivity contribution < 1.29 is 4.42 Å². The Labute approximate surface area is 102 Å². The van der Waals surface area contributed by atoms with Gasteiger partial charge in [-0.05, 0) is 18.5 Å². The molecule has 0 amide bonds. The third kappa shape index (κ3) is 2.74. The number of hydrogen-bond donors (Lipinski definition) is 1. The summed E-state index contributed by atoms with van der Waals surface area (Å²) in [6.07, 6.45) is 2.57. The van der Waals surface area contributed by atoms with Crippen molar-refractivity contribution in [3.05, 3.63) is 41.9 Å². The molecule has 0 aliphatic carbocycles. The molecule has 0 aliphatic heterocycles. The highest BCUT2D eigenvalue weighted by atomic mass is 16.3. The molecule has 0 saturated heterocycles. The van der Waals surface area contributed by atoms with E-state index in [1.807, 2.05) is 0 Å². The Balaban J connectivity index is 2.23. The van der Waals surface area contributed by atoms with Crippen LogP contribution in [0.2, 0.25) is 0 Å². The van der Waals surface area contributed by atoms with Gasteiger partial charge in [0.05, 0.1) is 0 Å². The predicted octanol–water partition coefficient (Wildman–Crippen LogP) is 3.01. The molecule has 90 valence electrons. The van der Waals surface area contributed by atoms with Crippen LogP contribution in [0, 0.1) is 0 Å². The minimum absolute atomic E-state index is 0.748. The van der Waals surface area contributed by atoms with Gasteiger partial charge in [0, 0.05) is 12.1 Å². The number of aryl methyl sites for hydroxylation is 1. The van der Waals surface area contributed by atoms with Gasteiger partial charge < -0.3 is 9.73 Å². The van der Waals surface area contributed by atoms with Crippen LogP contribution in [0.15, 0.2) is 35.1 Å². The van der Waals surface area contributed by atoms with E-state index in [2.05, 4.69) is 48.4 Å². The van der Waals surface area contributed by atoms with Crippen LogP contribution in [0.25, 0.3) is 11.3 Å². The standard InChI is InChI=1S/C14H18N2O/c1-3-11-5-7-12(8-6-11)14-13(9-15-4-2)16-10-17-14/h5-8,10,15H,3-4,9H2,1-2H3. The molecule has 1 N–H and O–H groups in total. The van der Waals surface area contributed by atoms with E-state index >= 15 is 0 Å². The van der Waals surface area contributed by atoms with Crippen LogP contribution in [0.1, 0.15) is 25.1 Å². The summed E-state index contributed by atoms with van der Waals surface area (Å²) < 4.78 is 5.47. The van der Waals surface area contributed by atoms with Crippen molar-refractivity contribution in [2.24, 2.45) is 0 Å². The Bertz CT molecular complexity index is 459. The number of nitrogens with one attached hydrogen (secondary N) is 1. The highest BCUT2D eigenvalue weighted by molar-refractivity contribution is 5.60. The summed E-state index contributed by atoms with van der Waals surface area (Å²) in [4.78, 5) is 4.24. The molecule has 0 radical (unpaired) electrons. The lowest BCUT2D eigenvalue weighted by molar-refractivity contribution is 0.570. The Morgan fingerprint density at radius 2 is 1.94 bits per heavy atom. The first-order valence-corrected chi connectivity index (χ1v) is 6.07. The van der Waals surface area contributed by atoms with Crippen molar-refractivity contribution in [2.75, 3.05) is 6.54 Å². The summed E-state index contributed by atoms with van der Waals surface area (Å²) in [5.41, 5.74) is 3.39. The van der Waals surface area contributed by atoms with E-state index in [0.29, 0.717) is 0 Å². The summed E-state index contributed by atoms with van der Waals surface area (Å²) in [5, 5.41) is 3.26. The van der Waals surface area contributed by atoms with Gasteiger partial charge in [-0.15, -0.1) is 0 Å². The Kier molecular flexibility index (Phi) is 3.94. The summed E-state index contributed by atoms with van der Waals surface area (Å²) >= 11 is 0. The number of hydrogen-bond acceptors (Lipinski definition) is 3. The van der Waals surface area contributed by atoms with E-state index in [4.69, 9.17) is 4.42 Å². The average molecular weight is 230 g/mol. The number of aromatic nitrogens is 1. The zero-order valence-electron chi connectivity index (χ0n) is 10.4. The Morgan fingerprint density at radius 3 is 2.59 bits per heavy atom. The van der Waals surface area contributed by atoms with E-state index in [-0.39, 0.29) is 0 Å². The highest BCUT2D eigenvalue weighted by Gasteiger charge is 2.09. The van der Waals surface area contributed by atoms with Crippen LogP contribution in [0.4, 0.5) is 0 Å². The molecular weight excluding hydrogens is 212 g/mol. The zero-order valence-corrected chi connectivity index (χ0v) is 10.4. The van der Waals surface area contributed by atoms with Gasteiger partial charge in [0.15, 0.2) is 12.2 Å². The fourth-order valence-corrected chi connectivity index (χ4v) is 1.77. The second-order valence-electron chi connectivity index (χ2n) is 3.96. The maximum absolute atomic E-state index is 5.47. The molecule has 0 bridgehead atoms. The summed E-state index contributed by atoms with van der Waals surface area (Å²) in [6, 6.07) is 8.45. The highest BCUT2D eigenvalue weighted by Crippen LogP contribution is 2.23. The molecule has 3 heteroatoms. The number of benzene rings is 1. The molecule has 0 aliphatic rings. The molecule has 0 unspecified atom stereocenters. The van der Waals surface area contributed by atoms with Crippen LogP contribution >= 0.6 is 0 Å². The smallest absolute Gasteiger partial charge is 0.181 e. The fourth-order valence-electron chi connectivity index (χ4n) is 1.77. The van der Waals surface area contributed by atoms with Gasteiger partial charge in [0.25, 0.3) is 0 Å². The molecule has 2 aromatic rings. The first-order chi connectivity index (χ1) is 8.35. The fraction of sp³-hybridized carbons (Fsp3) is 0.357. The molecule has 1 aromatic carbocycles. The lowest BCUT2D eigenvalue weighted by Gasteiger charge is -2.03. The van der Waals surface area contributed by atoms with Gasteiger partial charge in [-0.3, -0.25) is 0 Å². The van der Waals surface area contributed by atoms with Gasteiger partial charge in [-0.1, -0.05) is 38.1 Å². The minimum Gasteiger partial charge on any atom is -0.443 e. The third-order valence-corrected chi connectivity index (χ3v) is 2.81. The maximum Gasteiger partial charge on any atom is 0.181 e. The molecule has 0 spiro atoms. The Morgan fingerprint density at radius 1 is 1.18 bits per heavy atom. The van der Waals surface area contributed by atoms with Crippen LogP contribution in [-0.2, 0) is 13.0 Å². The summed E-state index contributed by atoms with van der Waals surface area (Å²) in [5.74, 6) is 0.869. The molecule has 1 aromatic heterocycles. The maximum atomic E-state index is 5.47. The second-order valence-corrected chi connectivity index (χ2v) is 3.96. The van der Waals surface area contributed by atoms with Gasteiger partial charge in [-0.25, -0.2) is 4.98 Å². The van der Waals surface area contributed by atoms with Crippen LogP contribution in [0.5, 0.6) is 0 Å². The van der Waals surface area contributed by atoms with Crippen molar-refractivity contribution in [1.82, 2.24) is 10.3 Å². The van der Waals surface area contributed by atoms with Crippen LogP contribution in [-0.4, -0.2) is 11.5 Å². The van der Waals surface area contributed by atoms with Crippen molar-refractivity contribution in [3.8, 4) is 11.3 Å². The van der Waals surface area contributed by atoms with Crippen molar-refractivity contribution in [2.45, 2.75) is 26.8 Å². The molecule has 0 atom stereocenters. The molecule has 1 heterocycles. The zero-order chi connectivity index (χ0) is 12.1. The van der Waals surface area contributed by atoms with Crippen molar-refractivity contribution in [3.63, 3.8) is 0 Å². The summed E-state index contributed by atoms with van der Waals surface area (Å²) in [6.45, 7) is 5.91. The largest absolute Gasteiger partial charge is 0.443 e. The van der Waals surface area contributed by atoms with Gasteiger partial charge >= 0.3 is 0 Å². The summed E-state index contributed by atoms with van der Waals surface area (Å²) in [7, 11) is 0. The normalized spacial score (nSPS) is 10.7. The van der Waals surface area contributed by atoms with E-state index < -0.39 is 0 Å². The number of nitrogens with zero attached hydrogens (tertiary/aromatic N) is 1. The predicted molar refractivity (Wildman–Crippen MR) is 68.7 cm³/mol. The van der Waals surface area contributed by atoms with Gasteiger partial charge in [0.1, 0.15) is 5.69 Å². The first-order valence-electron chi connectivity index (χ1n) is 6.07. The number of rotatable bonds is 5. The molecule has 0 saturated carbocycles. The first kappa shape index (κ1) is 11.9. The lowest BCUT2D eigenvalue weighted by Crippen LogP contribution is -2.12. The Hall–Kier alpha value is -1.61. The minimum atomic E-state index is 0.748. The van der Waals surface area contributed by atoms with Crippen LogP contribution in [0.3, 0.4) is 0 Å². The van der Waals surface area contributed by atoms with Crippen molar-refractivity contribution >= 4 is 0 Å². The van der Waals surface area contributed by atoms with E-state index in [1.165, 1.54) is 12.0 Å². The molecule has 0 fully saturated rings. The number of oxazole rings is 1. The van der Waals surface area contributed by atoms with Gasteiger partial charge in [-0.2, -0.15) is 0 Å². The van der Waals surface area contributed by atoms with E-state index in [1.54, 1.807) is 0 Å². The lowest BCUT2D eigenvalue weighted by atomic mass is 10.1. The molecule has 3 nitrogen and oxygen atoms in total. The SMILES string of the molecule is CCNCc1ncoc1-c1ccc(CC)cc1. The van der Waals surface area contributed by atoms with E-state index in [9.17, 15) is 0 Å².